The molecule has 2 aliphatic carbocycles. The standard InChI is InChI=1S/C26H40F2/c1-2-3-4-5-6-7-9-20-12-14-21(15-13-20)22-16-18-23(19-17-22)24-10-8-11-25(27)26(24)28/h8,10-11,20-23H,2-7,9,12-19H2,1H3/t20-,21-,22-,23-. The van der Waals surface area contributed by atoms with Crippen LogP contribution in [0.25, 0.3) is 0 Å². The lowest BCUT2D eigenvalue weighted by Gasteiger charge is -2.38. The molecule has 0 spiro atoms. The molecule has 1 aromatic rings. The molecule has 158 valence electrons. The highest BCUT2D eigenvalue weighted by Crippen LogP contribution is 2.45. The van der Waals surface area contributed by atoms with Crippen LogP contribution >= 0.6 is 0 Å². The minimum atomic E-state index is -0.691. The van der Waals surface area contributed by atoms with Gasteiger partial charge >= 0.3 is 0 Å². The Hall–Kier alpha value is -0.920. The van der Waals surface area contributed by atoms with Crippen molar-refractivity contribution in [3.05, 3.63) is 35.4 Å². The van der Waals surface area contributed by atoms with Crippen molar-refractivity contribution < 1.29 is 8.78 Å². The number of unbranched alkanes of at least 4 members (excludes halogenated alkanes) is 5. The molecule has 0 N–H and O–H groups in total. The van der Waals surface area contributed by atoms with E-state index in [1.807, 2.05) is 0 Å². The second-order valence-corrected chi connectivity index (χ2v) is 9.59. The summed E-state index contributed by atoms with van der Waals surface area (Å²) in [5.74, 6) is 1.60. The summed E-state index contributed by atoms with van der Waals surface area (Å²) in [5, 5.41) is 0. The number of hydrogen-bond donors (Lipinski definition) is 0. The third-order valence-corrected chi connectivity index (χ3v) is 7.72. The third kappa shape index (κ3) is 6.04. The molecule has 28 heavy (non-hydrogen) atoms. The Bertz CT molecular complexity index is 566. The van der Waals surface area contributed by atoms with Gasteiger partial charge in [0.15, 0.2) is 11.6 Å². The first-order valence-corrected chi connectivity index (χ1v) is 12.1. The van der Waals surface area contributed by atoms with Gasteiger partial charge in [-0.25, -0.2) is 8.78 Å². The molecule has 0 saturated heterocycles. The molecule has 0 amide bonds. The minimum absolute atomic E-state index is 0.219. The molecular formula is C26H40F2. The summed E-state index contributed by atoms with van der Waals surface area (Å²) < 4.78 is 27.6. The normalized spacial score (nSPS) is 28.4. The van der Waals surface area contributed by atoms with E-state index < -0.39 is 11.6 Å². The van der Waals surface area contributed by atoms with Crippen LogP contribution < -0.4 is 0 Å². The summed E-state index contributed by atoms with van der Waals surface area (Å²) in [7, 11) is 0. The maximum absolute atomic E-state index is 14.1. The number of hydrogen-bond acceptors (Lipinski definition) is 0. The van der Waals surface area contributed by atoms with Crippen LogP contribution in [0, 0.1) is 29.4 Å². The van der Waals surface area contributed by atoms with Crippen molar-refractivity contribution in [2.24, 2.45) is 17.8 Å². The van der Waals surface area contributed by atoms with E-state index >= 15 is 0 Å². The van der Waals surface area contributed by atoms with Crippen LogP contribution in [0.5, 0.6) is 0 Å². The Morgan fingerprint density at radius 3 is 2.04 bits per heavy atom. The van der Waals surface area contributed by atoms with Gasteiger partial charge in [-0.05, 0) is 73.8 Å². The number of benzene rings is 1. The molecular weight excluding hydrogens is 350 g/mol. The van der Waals surface area contributed by atoms with Crippen molar-refractivity contribution >= 4 is 0 Å². The SMILES string of the molecule is CCCCCCCC[C@H]1CC[C@H]([C@H]2CC[C@H](c3cccc(F)c3F)CC2)CC1. The van der Waals surface area contributed by atoms with Crippen molar-refractivity contribution in [3.63, 3.8) is 0 Å². The highest BCUT2D eigenvalue weighted by Gasteiger charge is 2.32. The molecule has 0 atom stereocenters. The zero-order chi connectivity index (χ0) is 19.8. The topological polar surface area (TPSA) is 0 Å². The summed E-state index contributed by atoms with van der Waals surface area (Å²) in [6.45, 7) is 2.28. The van der Waals surface area contributed by atoms with Gasteiger partial charge in [-0.15, -0.1) is 0 Å². The monoisotopic (exact) mass is 390 g/mol. The summed E-state index contributed by atoms with van der Waals surface area (Å²) in [5.41, 5.74) is 0.612. The zero-order valence-electron chi connectivity index (χ0n) is 17.9. The van der Waals surface area contributed by atoms with Crippen LogP contribution in [0.15, 0.2) is 18.2 Å². The highest BCUT2D eigenvalue weighted by molar-refractivity contribution is 5.23. The fraction of sp³-hybridized carbons (Fsp3) is 0.769. The van der Waals surface area contributed by atoms with E-state index in [0.717, 1.165) is 30.6 Å². The quantitative estimate of drug-likeness (QED) is 0.369. The molecule has 2 saturated carbocycles. The summed E-state index contributed by atoms with van der Waals surface area (Å²) in [6, 6.07) is 4.68. The molecule has 2 fully saturated rings. The molecule has 2 heteroatoms. The van der Waals surface area contributed by atoms with Gasteiger partial charge in [-0.2, -0.15) is 0 Å². The van der Waals surface area contributed by atoms with Gasteiger partial charge in [0.25, 0.3) is 0 Å². The Kier molecular flexibility index (Phi) is 8.80. The Labute approximate surface area is 171 Å². The lowest BCUT2D eigenvalue weighted by molar-refractivity contribution is 0.155. The minimum Gasteiger partial charge on any atom is -0.204 e. The Morgan fingerprint density at radius 1 is 0.750 bits per heavy atom. The third-order valence-electron chi connectivity index (χ3n) is 7.72. The first-order chi connectivity index (χ1) is 13.7. The van der Waals surface area contributed by atoms with Crippen LogP contribution in [-0.4, -0.2) is 0 Å². The van der Waals surface area contributed by atoms with E-state index in [1.165, 1.54) is 89.5 Å². The first kappa shape index (κ1) is 21.8. The maximum Gasteiger partial charge on any atom is 0.162 e. The van der Waals surface area contributed by atoms with Crippen LogP contribution in [0.3, 0.4) is 0 Å². The average Bonchev–Trinajstić information content (AvgIpc) is 2.73. The molecule has 0 bridgehead atoms. The van der Waals surface area contributed by atoms with E-state index in [2.05, 4.69) is 6.92 Å². The van der Waals surface area contributed by atoms with E-state index in [9.17, 15) is 8.78 Å². The molecule has 0 aromatic heterocycles. The Morgan fingerprint density at radius 2 is 1.36 bits per heavy atom. The molecule has 0 aliphatic heterocycles. The van der Waals surface area contributed by atoms with Crippen LogP contribution in [-0.2, 0) is 0 Å². The van der Waals surface area contributed by atoms with E-state index in [4.69, 9.17) is 0 Å². The van der Waals surface area contributed by atoms with Gasteiger partial charge in [-0.1, -0.05) is 76.8 Å². The predicted molar refractivity (Wildman–Crippen MR) is 114 cm³/mol. The molecule has 2 aliphatic rings. The van der Waals surface area contributed by atoms with Crippen molar-refractivity contribution in [1.82, 2.24) is 0 Å². The smallest absolute Gasteiger partial charge is 0.162 e. The number of halogens is 2. The molecule has 3 rings (SSSR count). The first-order valence-electron chi connectivity index (χ1n) is 12.1. The maximum atomic E-state index is 14.1. The molecule has 0 unspecified atom stereocenters. The molecule has 0 nitrogen and oxygen atoms in total. The van der Waals surface area contributed by atoms with Crippen molar-refractivity contribution in [2.75, 3.05) is 0 Å². The van der Waals surface area contributed by atoms with Crippen LogP contribution in [0.2, 0.25) is 0 Å². The van der Waals surface area contributed by atoms with Gasteiger partial charge in [0, 0.05) is 0 Å². The van der Waals surface area contributed by atoms with Crippen molar-refractivity contribution in [3.8, 4) is 0 Å². The predicted octanol–water partition coefficient (Wildman–Crippen LogP) is 8.80. The van der Waals surface area contributed by atoms with Crippen LogP contribution in [0.1, 0.15) is 115 Å². The molecule has 0 radical (unpaired) electrons. The Balaban J connectivity index is 1.34. The molecule has 1 aromatic carbocycles. The van der Waals surface area contributed by atoms with Gasteiger partial charge in [0.1, 0.15) is 0 Å². The van der Waals surface area contributed by atoms with Gasteiger partial charge < -0.3 is 0 Å². The summed E-state index contributed by atoms with van der Waals surface area (Å²) in [4.78, 5) is 0. The second-order valence-electron chi connectivity index (χ2n) is 9.59. The summed E-state index contributed by atoms with van der Waals surface area (Å²) in [6.07, 6.45) is 20.0. The van der Waals surface area contributed by atoms with Gasteiger partial charge in [-0.3, -0.25) is 0 Å². The van der Waals surface area contributed by atoms with Crippen molar-refractivity contribution in [2.45, 2.75) is 109 Å². The highest BCUT2D eigenvalue weighted by atomic mass is 19.2. The lowest BCUT2D eigenvalue weighted by Crippen LogP contribution is -2.25. The van der Waals surface area contributed by atoms with Gasteiger partial charge in [0.05, 0.1) is 0 Å². The van der Waals surface area contributed by atoms with Crippen molar-refractivity contribution in [1.29, 1.82) is 0 Å². The fourth-order valence-corrected chi connectivity index (χ4v) is 5.90. The largest absolute Gasteiger partial charge is 0.204 e. The zero-order valence-corrected chi connectivity index (χ0v) is 17.9. The number of rotatable bonds is 9. The van der Waals surface area contributed by atoms with E-state index in [-0.39, 0.29) is 5.92 Å². The lowest BCUT2D eigenvalue weighted by atomic mass is 9.68. The average molecular weight is 391 g/mol. The van der Waals surface area contributed by atoms with Gasteiger partial charge in [0.2, 0.25) is 0 Å². The fourth-order valence-electron chi connectivity index (χ4n) is 5.90. The molecule has 0 heterocycles. The van der Waals surface area contributed by atoms with E-state index in [1.54, 1.807) is 12.1 Å². The summed E-state index contributed by atoms with van der Waals surface area (Å²) >= 11 is 0. The second kappa shape index (κ2) is 11.3. The van der Waals surface area contributed by atoms with E-state index in [0.29, 0.717) is 5.56 Å². The van der Waals surface area contributed by atoms with Crippen LogP contribution in [0.4, 0.5) is 8.78 Å².